The van der Waals surface area contributed by atoms with Crippen molar-refractivity contribution >= 4 is 34.8 Å². The van der Waals surface area contributed by atoms with Crippen LogP contribution in [0.3, 0.4) is 0 Å². The van der Waals surface area contributed by atoms with Gasteiger partial charge in [-0.2, -0.15) is 0 Å². The molecule has 0 atom stereocenters. The van der Waals surface area contributed by atoms with Crippen molar-refractivity contribution in [2.45, 2.75) is 52.2 Å². The molecular formula is C20H29BN2O5S. The highest BCUT2D eigenvalue weighted by atomic mass is 32.2. The van der Waals surface area contributed by atoms with Crippen molar-refractivity contribution in [3.8, 4) is 0 Å². The molecule has 1 aromatic rings. The number of benzene rings is 1. The number of carbonyl (C=O) groups is 1. The van der Waals surface area contributed by atoms with Gasteiger partial charge in [-0.05, 0) is 57.3 Å². The fraction of sp³-hybridized carbons (Fsp3) is 0.550. The van der Waals surface area contributed by atoms with E-state index in [-0.39, 0.29) is 18.2 Å². The summed E-state index contributed by atoms with van der Waals surface area (Å²) in [6.07, 6.45) is 2.52. The molecule has 2 fully saturated rings. The van der Waals surface area contributed by atoms with E-state index in [2.05, 4.69) is 5.32 Å². The molecule has 0 unspecified atom stereocenters. The van der Waals surface area contributed by atoms with E-state index in [9.17, 15) is 13.2 Å². The molecule has 1 amide bonds. The first-order valence-electron chi connectivity index (χ1n) is 9.82. The van der Waals surface area contributed by atoms with Gasteiger partial charge in [-0.1, -0.05) is 18.2 Å². The summed E-state index contributed by atoms with van der Waals surface area (Å²) in [5, 5.41) is 2.81. The minimum Gasteiger partial charge on any atom is -0.400 e. The fourth-order valence-corrected chi connectivity index (χ4v) is 4.89. The van der Waals surface area contributed by atoms with E-state index in [4.69, 9.17) is 9.31 Å². The predicted octanol–water partition coefficient (Wildman–Crippen LogP) is 2.38. The summed E-state index contributed by atoms with van der Waals surface area (Å²) in [6.45, 7) is 10.1. The second kappa shape index (κ2) is 7.77. The number of sulfonamides is 1. The minimum absolute atomic E-state index is 0.149. The molecule has 158 valence electrons. The van der Waals surface area contributed by atoms with Gasteiger partial charge in [0.2, 0.25) is 15.9 Å². The van der Waals surface area contributed by atoms with Crippen LogP contribution in [0.1, 0.15) is 46.6 Å². The van der Waals surface area contributed by atoms with Crippen LogP contribution < -0.4 is 9.62 Å². The molecule has 0 saturated carbocycles. The number of anilines is 1. The molecule has 0 aromatic heterocycles. The summed E-state index contributed by atoms with van der Waals surface area (Å²) in [4.78, 5) is 11.5. The largest absolute Gasteiger partial charge is 0.492 e. The molecule has 2 aliphatic rings. The van der Waals surface area contributed by atoms with E-state index in [1.165, 1.54) is 11.2 Å². The molecule has 29 heavy (non-hydrogen) atoms. The molecule has 2 heterocycles. The van der Waals surface area contributed by atoms with Gasteiger partial charge in [-0.15, -0.1) is 0 Å². The lowest BCUT2D eigenvalue weighted by Crippen LogP contribution is -2.41. The summed E-state index contributed by atoms with van der Waals surface area (Å²) in [5.41, 5.74) is 1.22. The van der Waals surface area contributed by atoms with E-state index in [1.807, 2.05) is 52.0 Å². The number of amides is 1. The summed E-state index contributed by atoms with van der Waals surface area (Å²) >= 11 is 0. The molecule has 1 aromatic carbocycles. The molecule has 0 radical (unpaired) electrons. The van der Waals surface area contributed by atoms with Crippen LogP contribution in [0, 0.1) is 0 Å². The highest BCUT2D eigenvalue weighted by molar-refractivity contribution is 7.93. The summed E-state index contributed by atoms with van der Waals surface area (Å²) in [5.74, 6) is 0.0266. The lowest BCUT2D eigenvalue weighted by atomic mass is 9.77. The number of rotatable bonds is 5. The number of hydrogen-bond donors (Lipinski definition) is 1. The molecule has 7 nitrogen and oxygen atoms in total. The van der Waals surface area contributed by atoms with E-state index in [1.54, 1.807) is 6.07 Å². The van der Waals surface area contributed by atoms with Crippen LogP contribution in [0.4, 0.5) is 5.69 Å². The molecule has 9 heteroatoms. The van der Waals surface area contributed by atoms with Crippen LogP contribution in [-0.4, -0.2) is 51.5 Å². The Morgan fingerprint density at radius 3 is 2.45 bits per heavy atom. The van der Waals surface area contributed by atoms with Crippen LogP contribution in [0.2, 0.25) is 0 Å². The second-order valence-corrected chi connectivity index (χ2v) is 10.6. The van der Waals surface area contributed by atoms with Gasteiger partial charge in [0.1, 0.15) is 0 Å². The van der Waals surface area contributed by atoms with Gasteiger partial charge in [-0.3, -0.25) is 9.10 Å². The number of nitrogens with zero attached hydrogens (tertiary/aromatic N) is 1. The van der Waals surface area contributed by atoms with E-state index < -0.39 is 28.3 Å². The maximum Gasteiger partial charge on any atom is 0.492 e. The molecule has 3 rings (SSSR count). The Morgan fingerprint density at radius 2 is 1.90 bits per heavy atom. The van der Waals surface area contributed by atoms with Crippen LogP contribution in [-0.2, 0) is 24.1 Å². The van der Waals surface area contributed by atoms with E-state index in [0.717, 1.165) is 11.0 Å². The van der Waals surface area contributed by atoms with Crippen molar-refractivity contribution < 1.29 is 22.5 Å². The van der Waals surface area contributed by atoms with Crippen molar-refractivity contribution in [1.82, 2.24) is 5.32 Å². The average molecular weight is 420 g/mol. The molecule has 2 aliphatic heterocycles. The second-order valence-electron chi connectivity index (χ2n) is 8.55. The molecule has 0 bridgehead atoms. The molecule has 0 spiro atoms. The topological polar surface area (TPSA) is 84.9 Å². The third kappa shape index (κ3) is 4.68. The Morgan fingerprint density at radius 1 is 1.24 bits per heavy atom. The quantitative estimate of drug-likeness (QED) is 0.740. The van der Waals surface area contributed by atoms with Crippen molar-refractivity contribution in [3.05, 3.63) is 35.3 Å². The Bertz CT molecular complexity index is 911. The standard InChI is InChI=1S/C20H29BN2O5S/c1-15(24)22-14-17(21-27-19(2,3)20(4,5)28-21)12-16-8-6-9-18(13-16)23-10-7-11-29(23,25)26/h6,8-9,12-13H,7,10-11,14H2,1-5H3,(H,22,24). The Labute approximate surface area is 173 Å². The third-order valence-corrected chi connectivity index (χ3v) is 7.58. The van der Waals surface area contributed by atoms with Gasteiger partial charge in [0.15, 0.2) is 0 Å². The summed E-state index contributed by atoms with van der Waals surface area (Å²) in [6, 6.07) is 7.35. The maximum atomic E-state index is 12.2. The lowest BCUT2D eigenvalue weighted by Gasteiger charge is -2.32. The van der Waals surface area contributed by atoms with Crippen molar-refractivity contribution in [1.29, 1.82) is 0 Å². The van der Waals surface area contributed by atoms with Gasteiger partial charge < -0.3 is 14.6 Å². The lowest BCUT2D eigenvalue weighted by molar-refractivity contribution is -0.118. The van der Waals surface area contributed by atoms with Gasteiger partial charge in [0.25, 0.3) is 0 Å². The monoisotopic (exact) mass is 420 g/mol. The van der Waals surface area contributed by atoms with Crippen molar-refractivity contribution in [2.75, 3.05) is 23.1 Å². The number of hydrogen-bond acceptors (Lipinski definition) is 5. The van der Waals surface area contributed by atoms with Crippen LogP contribution >= 0.6 is 0 Å². The first-order valence-corrected chi connectivity index (χ1v) is 11.4. The van der Waals surface area contributed by atoms with Crippen molar-refractivity contribution in [2.24, 2.45) is 0 Å². The highest BCUT2D eigenvalue weighted by Crippen LogP contribution is 2.39. The highest BCUT2D eigenvalue weighted by Gasteiger charge is 2.52. The summed E-state index contributed by atoms with van der Waals surface area (Å²) < 4.78 is 38.2. The number of nitrogens with one attached hydrogen (secondary N) is 1. The van der Waals surface area contributed by atoms with E-state index >= 15 is 0 Å². The first-order chi connectivity index (χ1) is 13.4. The van der Waals surface area contributed by atoms with Crippen LogP contribution in [0.5, 0.6) is 0 Å². The zero-order chi connectivity index (χ0) is 21.4. The third-order valence-electron chi connectivity index (χ3n) is 5.71. The predicted molar refractivity (Wildman–Crippen MR) is 115 cm³/mol. The van der Waals surface area contributed by atoms with Gasteiger partial charge >= 0.3 is 7.12 Å². The van der Waals surface area contributed by atoms with E-state index in [0.29, 0.717) is 18.7 Å². The maximum absolute atomic E-state index is 12.2. The Kier molecular flexibility index (Phi) is 5.86. The zero-order valence-electron chi connectivity index (χ0n) is 17.7. The van der Waals surface area contributed by atoms with Gasteiger partial charge in [0, 0.05) is 20.0 Å². The Hall–Kier alpha value is -1.84. The first kappa shape index (κ1) is 21.9. The Balaban J connectivity index is 1.92. The van der Waals surface area contributed by atoms with Crippen LogP contribution in [0.25, 0.3) is 6.08 Å². The number of carbonyl (C=O) groups excluding carboxylic acids is 1. The molecule has 0 aliphatic carbocycles. The SMILES string of the molecule is CC(=O)NCC(=Cc1cccc(N2CCCS2(=O)=O)c1)B1OC(C)(C)C(C)(C)O1. The molecular weight excluding hydrogens is 391 g/mol. The smallest absolute Gasteiger partial charge is 0.400 e. The normalized spacial score (nSPS) is 22.7. The van der Waals surface area contributed by atoms with Crippen LogP contribution in [0.15, 0.2) is 29.7 Å². The molecule has 1 N–H and O–H groups in total. The fourth-order valence-electron chi connectivity index (χ4n) is 3.34. The van der Waals surface area contributed by atoms with Gasteiger partial charge in [0.05, 0.1) is 22.6 Å². The van der Waals surface area contributed by atoms with Crippen molar-refractivity contribution in [3.63, 3.8) is 0 Å². The zero-order valence-corrected chi connectivity index (χ0v) is 18.5. The molecule has 2 saturated heterocycles. The minimum atomic E-state index is -3.25. The summed E-state index contributed by atoms with van der Waals surface area (Å²) in [7, 11) is -3.85. The van der Waals surface area contributed by atoms with Gasteiger partial charge in [-0.25, -0.2) is 8.42 Å². The average Bonchev–Trinajstić information content (AvgIpc) is 3.06.